The van der Waals surface area contributed by atoms with Crippen LogP contribution in [0.3, 0.4) is 0 Å². The topological polar surface area (TPSA) is 55.4 Å². The van der Waals surface area contributed by atoms with Crippen molar-refractivity contribution in [2.24, 2.45) is 0 Å². The summed E-state index contributed by atoms with van der Waals surface area (Å²) in [6, 6.07) is 1.95. The Bertz CT molecular complexity index is 517. The average molecular weight is 283 g/mol. The minimum Gasteiger partial charge on any atom is -0.469 e. The van der Waals surface area contributed by atoms with Gasteiger partial charge in [0.25, 0.3) is 0 Å². The molecule has 0 radical (unpaired) electrons. The molecule has 1 aromatic rings. The maximum atomic E-state index is 13.1. The van der Waals surface area contributed by atoms with E-state index in [0.29, 0.717) is 0 Å². The van der Waals surface area contributed by atoms with Crippen molar-refractivity contribution in [3.63, 3.8) is 0 Å². The molecule has 1 N–H and O–H groups in total. The first kappa shape index (κ1) is 16.0. The molecule has 4 nitrogen and oxygen atoms in total. The Hall–Kier alpha value is -2.08. The zero-order chi connectivity index (χ0) is 15.1. The van der Waals surface area contributed by atoms with E-state index in [1.165, 1.54) is 19.3 Å². The van der Waals surface area contributed by atoms with E-state index in [1.807, 2.05) is 0 Å². The molecule has 0 saturated heterocycles. The van der Waals surface area contributed by atoms with Crippen LogP contribution in [-0.2, 0) is 9.53 Å². The molecule has 6 heteroatoms. The summed E-state index contributed by atoms with van der Waals surface area (Å²) in [6.07, 6.45) is 1.31. The highest BCUT2D eigenvalue weighted by Crippen LogP contribution is 2.12. The zero-order valence-electron chi connectivity index (χ0n) is 11.0. The highest BCUT2D eigenvalue weighted by atomic mass is 19.2. The Balaban J connectivity index is 2.92. The minimum absolute atomic E-state index is 0.0191. The van der Waals surface area contributed by atoms with Crippen molar-refractivity contribution < 1.29 is 23.1 Å². The maximum Gasteiger partial charge on any atom is 0.307 e. The number of ketones is 1. The first-order valence-electron chi connectivity index (χ1n) is 5.90. The third-order valence-electron chi connectivity index (χ3n) is 2.63. The van der Waals surface area contributed by atoms with Crippen LogP contribution in [0.2, 0.25) is 0 Å². The number of carbonyl (C=O) groups excluding carboxylic acids is 2. The molecule has 0 heterocycles. The minimum atomic E-state index is -1.11. The third kappa shape index (κ3) is 4.24. The van der Waals surface area contributed by atoms with Gasteiger partial charge in [0.05, 0.1) is 19.6 Å². The molecule has 20 heavy (non-hydrogen) atoms. The number of methoxy groups -OCH3 is 1. The molecule has 0 amide bonds. The van der Waals surface area contributed by atoms with Crippen LogP contribution >= 0.6 is 0 Å². The first-order chi connectivity index (χ1) is 9.49. The average Bonchev–Trinajstić information content (AvgIpc) is 2.45. The van der Waals surface area contributed by atoms with E-state index in [0.717, 1.165) is 12.1 Å². The standard InChI is InChI=1S/C14H15F2NO3/c1-3-6-17-12(8-13(18)20-2)14(19)9-4-5-10(15)11(16)7-9/h3-5,7,12,17H,1,6,8H2,2H3. The molecule has 0 spiro atoms. The fraction of sp³-hybridized carbons (Fsp3) is 0.286. The number of carbonyl (C=O) groups is 2. The summed E-state index contributed by atoms with van der Waals surface area (Å²) < 4.78 is 30.5. The van der Waals surface area contributed by atoms with Gasteiger partial charge in [-0.25, -0.2) is 8.78 Å². The molecule has 1 aromatic carbocycles. The van der Waals surface area contributed by atoms with Gasteiger partial charge in [0.2, 0.25) is 0 Å². The number of hydrogen-bond acceptors (Lipinski definition) is 4. The van der Waals surface area contributed by atoms with Gasteiger partial charge in [-0.2, -0.15) is 0 Å². The molecule has 1 unspecified atom stereocenters. The Labute approximate surface area is 115 Å². The molecule has 0 aliphatic rings. The summed E-state index contributed by atoms with van der Waals surface area (Å²) in [5, 5.41) is 2.78. The van der Waals surface area contributed by atoms with Crippen LogP contribution in [0.25, 0.3) is 0 Å². The van der Waals surface area contributed by atoms with E-state index in [4.69, 9.17) is 0 Å². The Morgan fingerprint density at radius 1 is 1.40 bits per heavy atom. The molecule has 0 bridgehead atoms. The van der Waals surface area contributed by atoms with Gasteiger partial charge in [-0.15, -0.1) is 6.58 Å². The number of nitrogens with one attached hydrogen (secondary N) is 1. The Morgan fingerprint density at radius 3 is 2.65 bits per heavy atom. The zero-order valence-corrected chi connectivity index (χ0v) is 11.0. The second-order valence-corrected chi connectivity index (χ2v) is 4.02. The van der Waals surface area contributed by atoms with Gasteiger partial charge in [-0.1, -0.05) is 6.08 Å². The lowest BCUT2D eigenvalue weighted by Crippen LogP contribution is -2.39. The van der Waals surface area contributed by atoms with Gasteiger partial charge in [0.15, 0.2) is 17.4 Å². The molecule has 0 fully saturated rings. The van der Waals surface area contributed by atoms with Gasteiger partial charge < -0.3 is 10.1 Å². The lowest BCUT2D eigenvalue weighted by Gasteiger charge is -2.15. The fourth-order valence-electron chi connectivity index (χ4n) is 1.58. The van der Waals surface area contributed by atoms with Crippen LogP contribution in [0, 0.1) is 11.6 Å². The molecule has 1 atom stereocenters. The lowest BCUT2D eigenvalue weighted by atomic mass is 10.0. The second kappa shape index (κ2) is 7.49. The van der Waals surface area contributed by atoms with E-state index < -0.39 is 29.4 Å². The predicted octanol–water partition coefficient (Wildman–Crippen LogP) is 1.85. The SMILES string of the molecule is C=CCNC(CC(=O)OC)C(=O)c1ccc(F)c(F)c1. The number of ether oxygens (including phenoxy) is 1. The second-order valence-electron chi connectivity index (χ2n) is 4.02. The van der Waals surface area contributed by atoms with Crippen molar-refractivity contribution in [3.8, 4) is 0 Å². The largest absolute Gasteiger partial charge is 0.469 e. The monoisotopic (exact) mass is 283 g/mol. The number of Topliss-reactive ketones (excluding diaryl/α,β-unsaturated/α-hetero) is 1. The highest BCUT2D eigenvalue weighted by molar-refractivity contribution is 6.01. The Morgan fingerprint density at radius 2 is 2.10 bits per heavy atom. The highest BCUT2D eigenvalue weighted by Gasteiger charge is 2.23. The third-order valence-corrected chi connectivity index (χ3v) is 2.63. The molecule has 0 aliphatic heterocycles. The fourth-order valence-corrected chi connectivity index (χ4v) is 1.58. The Kier molecular flexibility index (Phi) is 5.99. The van der Waals surface area contributed by atoms with Gasteiger partial charge in [0.1, 0.15) is 0 Å². The summed E-state index contributed by atoms with van der Waals surface area (Å²) in [6.45, 7) is 3.78. The van der Waals surface area contributed by atoms with Gasteiger partial charge in [-0.05, 0) is 18.2 Å². The van der Waals surface area contributed by atoms with Crippen molar-refractivity contribution in [1.82, 2.24) is 5.32 Å². The smallest absolute Gasteiger partial charge is 0.307 e. The molecule has 1 rings (SSSR count). The van der Waals surface area contributed by atoms with Crippen molar-refractivity contribution in [2.75, 3.05) is 13.7 Å². The van der Waals surface area contributed by atoms with Crippen molar-refractivity contribution in [3.05, 3.63) is 48.1 Å². The number of hydrogen-bond donors (Lipinski definition) is 1. The molecule has 0 saturated carbocycles. The molecule has 0 aromatic heterocycles. The predicted molar refractivity (Wildman–Crippen MR) is 69.3 cm³/mol. The summed E-state index contributed by atoms with van der Waals surface area (Å²) in [7, 11) is 1.20. The van der Waals surface area contributed by atoms with E-state index in [2.05, 4.69) is 16.6 Å². The number of halogens is 2. The maximum absolute atomic E-state index is 13.1. The van der Waals surface area contributed by atoms with Gasteiger partial charge in [-0.3, -0.25) is 9.59 Å². The summed E-state index contributed by atoms with van der Waals surface area (Å²) >= 11 is 0. The van der Waals surface area contributed by atoms with E-state index in [9.17, 15) is 18.4 Å². The van der Waals surface area contributed by atoms with Crippen LogP contribution in [-0.4, -0.2) is 31.4 Å². The van der Waals surface area contributed by atoms with Crippen LogP contribution in [0.1, 0.15) is 16.8 Å². The summed E-state index contributed by atoms with van der Waals surface area (Å²) in [5.74, 6) is -3.25. The van der Waals surface area contributed by atoms with Crippen LogP contribution in [0.15, 0.2) is 30.9 Å². The quantitative estimate of drug-likeness (QED) is 0.471. The van der Waals surface area contributed by atoms with Crippen molar-refractivity contribution in [1.29, 1.82) is 0 Å². The van der Waals surface area contributed by atoms with Crippen LogP contribution in [0.5, 0.6) is 0 Å². The van der Waals surface area contributed by atoms with Gasteiger partial charge >= 0.3 is 5.97 Å². The van der Waals surface area contributed by atoms with Crippen molar-refractivity contribution >= 4 is 11.8 Å². The molecule has 0 aliphatic carbocycles. The molecular weight excluding hydrogens is 268 g/mol. The van der Waals surface area contributed by atoms with Crippen LogP contribution < -0.4 is 5.32 Å². The molecular formula is C14H15F2NO3. The van der Waals surface area contributed by atoms with Gasteiger partial charge in [0, 0.05) is 12.1 Å². The normalized spacial score (nSPS) is 11.8. The number of rotatable bonds is 7. The van der Waals surface area contributed by atoms with E-state index in [1.54, 1.807) is 0 Å². The summed E-state index contributed by atoms with van der Waals surface area (Å²) in [4.78, 5) is 23.4. The lowest BCUT2D eigenvalue weighted by molar-refractivity contribution is -0.140. The van der Waals surface area contributed by atoms with E-state index in [-0.39, 0.29) is 18.5 Å². The van der Waals surface area contributed by atoms with Crippen molar-refractivity contribution in [2.45, 2.75) is 12.5 Å². The molecule has 108 valence electrons. The summed E-state index contributed by atoms with van der Waals surface area (Å²) in [5.41, 5.74) is -0.0191. The van der Waals surface area contributed by atoms with Crippen LogP contribution in [0.4, 0.5) is 8.78 Å². The number of benzene rings is 1. The first-order valence-corrected chi connectivity index (χ1v) is 5.90. The number of esters is 1. The van der Waals surface area contributed by atoms with E-state index >= 15 is 0 Å².